The molecule has 0 aromatic heterocycles. The van der Waals surface area contributed by atoms with Crippen molar-refractivity contribution in [3.63, 3.8) is 0 Å². The third-order valence-corrected chi connectivity index (χ3v) is 5.38. The average molecular weight is 303 g/mol. The maximum absolute atomic E-state index is 12.4. The van der Waals surface area contributed by atoms with E-state index in [4.69, 9.17) is 11.6 Å². The van der Waals surface area contributed by atoms with Crippen LogP contribution in [0.5, 0.6) is 0 Å². The van der Waals surface area contributed by atoms with Crippen molar-refractivity contribution in [1.82, 2.24) is 10.0 Å². The summed E-state index contributed by atoms with van der Waals surface area (Å²) in [7, 11) is -3.52. The molecule has 2 atom stereocenters. The van der Waals surface area contributed by atoms with E-state index in [2.05, 4.69) is 10.0 Å². The average Bonchev–Trinajstić information content (AvgIpc) is 2.35. The van der Waals surface area contributed by atoms with Crippen LogP contribution in [0.2, 0.25) is 5.02 Å². The SMILES string of the molecule is Cc1ccc(Cl)cc1S(=O)(=O)NC1CCCNC1C. The lowest BCUT2D eigenvalue weighted by atomic mass is 10.0. The molecule has 2 unspecified atom stereocenters. The highest BCUT2D eigenvalue weighted by Crippen LogP contribution is 2.21. The molecule has 1 fully saturated rings. The summed E-state index contributed by atoms with van der Waals surface area (Å²) < 4.78 is 27.6. The zero-order valence-corrected chi connectivity index (χ0v) is 12.7. The van der Waals surface area contributed by atoms with Crippen LogP contribution in [0, 0.1) is 6.92 Å². The molecule has 4 nitrogen and oxygen atoms in total. The number of rotatable bonds is 3. The van der Waals surface area contributed by atoms with E-state index in [9.17, 15) is 8.42 Å². The zero-order valence-electron chi connectivity index (χ0n) is 11.1. The molecule has 1 aliphatic rings. The van der Waals surface area contributed by atoms with Crippen molar-refractivity contribution in [2.75, 3.05) is 6.54 Å². The summed E-state index contributed by atoms with van der Waals surface area (Å²) >= 11 is 5.89. The summed E-state index contributed by atoms with van der Waals surface area (Å²) in [4.78, 5) is 0.262. The second-order valence-corrected chi connectivity index (χ2v) is 7.14. The van der Waals surface area contributed by atoms with Gasteiger partial charge in [-0.3, -0.25) is 0 Å². The van der Waals surface area contributed by atoms with Crippen molar-refractivity contribution < 1.29 is 8.42 Å². The maximum Gasteiger partial charge on any atom is 0.241 e. The first kappa shape index (κ1) is 14.8. The molecule has 0 radical (unpaired) electrons. The third kappa shape index (κ3) is 3.48. The minimum absolute atomic E-state index is 0.0721. The number of hydrogen-bond donors (Lipinski definition) is 2. The van der Waals surface area contributed by atoms with Crippen molar-refractivity contribution in [1.29, 1.82) is 0 Å². The second kappa shape index (κ2) is 5.79. The predicted octanol–water partition coefficient (Wildman–Crippen LogP) is 2.07. The van der Waals surface area contributed by atoms with Gasteiger partial charge in [0.1, 0.15) is 0 Å². The Balaban J connectivity index is 2.24. The number of sulfonamides is 1. The van der Waals surface area contributed by atoms with Crippen LogP contribution in [0.25, 0.3) is 0 Å². The Morgan fingerprint density at radius 2 is 2.16 bits per heavy atom. The van der Waals surface area contributed by atoms with Gasteiger partial charge in [-0.1, -0.05) is 17.7 Å². The molecular formula is C13H19ClN2O2S. The van der Waals surface area contributed by atoms with E-state index >= 15 is 0 Å². The van der Waals surface area contributed by atoms with Gasteiger partial charge in [-0.2, -0.15) is 0 Å². The minimum Gasteiger partial charge on any atom is -0.313 e. The van der Waals surface area contributed by atoms with Gasteiger partial charge in [0.25, 0.3) is 0 Å². The van der Waals surface area contributed by atoms with E-state index in [1.54, 1.807) is 19.1 Å². The number of hydrogen-bond acceptors (Lipinski definition) is 3. The highest BCUT2D eigenvalue weighted by Gasteiger charge is 2.27. The molecule has 6 heteroatoms. The van der Waals surface area contributed by atoms with Gasteiger partial charge in [-0.15, -0.1) is 0 Å². The Kier molecular flexibility index (Phi) is 4.50. The zero-order chi connectivity index (χ0) is 14.0. The van der Waals surface area contributed by atoms with Crippen molar-refractivity contribution >= 4 is 21.6 Å². The summed E-state index contributed by atoms with van der Waals surface area (Å²) in [5.41, 5.74) is 0.702. The normalized spacial score (nSPS) is 24.4. The van der Waals surface area contributed by atoms with E-state index in [1.165, 1.54) is 6.07 Å². The van der Waals surface area contributed by atoms with E-state index in [0.717, 1.165) is 19.4 Å². The van der Waals surface area contributed by atoms with Crippen molar-refractivity contribution in [3.8, 4) is 0 Å². The highest BCUT2D eigenvalue weighted by molar-refractivity contribution is 7.89. The second-order valence-electron chi connectivity index (χ2n) is 5.02. The minimum atomic E-state index is -3.52. The Morgan fingerprint density at radius 1 is 1.42 bits per heavy atom. The molecule has 0 amide bonds. The number of piperidine rings is 1. The van der Waals surface area contributed by atoms with Gasteiger partial charge in [-0.05, 0) is 50.9 Å². The van der Waals surface area contributed by atoms with Gasteiger partial charge in [-0.25, -0.2) is 13.1 Å². The van der Waals surface area contributed by atoms with Gasteiger partial charge in [0.05, 0.1) is 4.90 Å². The number of nitrogens with one attached hydrogen (secondary N) is 2. The van der Waals surface area contributed by atoms with Crippen LogP contribution < -0.4 is 10.0 Å². The van der Waals surface area contributed by atoms with Gasteiger partial charge < -0.3 is 5.32 Å². The quantitative estimate of drug-likeness (QED) is 0.898. The van der Waals surface area contributed by atoms with Crippen LogP contribution in [0.1, 0.15) is 25.3 Å². The standard InChI is InChI=1S/C13H19ClN2O2S/c1-9-5-6-11(14)8-13(9)19(17,18)16-12-4-3-7-15-10(12)2/h5-6,8,10,12,15-16H,3-4,7H2,1-2H3. The summed E-state index contributed by atoms with van der Waals surface area (Å²) in [6, 6.07) is 4.99. The maximum atomic E-state index is 12.4. The summed E-state index contributed by atoms with van der Waals surface area (Å²) in [5, 5.41) is 3.71. The van der Waals surface area contributed by atoms with Crippen LogP contribution in [-0.4, -0.2) is 27.0 Å². The van der Waals surface area contributed by atoms with Crippen molar-refractivity contribution in [3.05, 3.63) is 28.8 Å². The molecule has 1 aromatic rings. The fraction of sp³-hybridized carbons (Fsp3) is 0.538. The monoisotopic (exact) mass is 302 g/mol. The molecule has 106 valence electrons. The van der Waals surface area contributed by atoms with Crippen LogP contribution in [-0.2, 0) is 10.0 Å². The molecule has 0 saturated carbocycles. The first-order valence-electron chi connectivity index (χ1n) is 6.42. The lowest BCUT2D eigenvalue weighted by Crippen LogP contribution is -2.51. The van der Waals surface area contributed by atoms with Crippen molar-refractivity contribution in [2.24, 2.45) is 0 Å². The number of halogens is 1. The summed E-state index contributed by atoms with van der Waals surface area (Å²) in [6.45, 7) is 4.71. The topological polar surface area (TPSA) is 58.2 Å². The molecule has 0 bridgehead atoms. The van der Waals surface area contributed by atoms with E-state index < -0.39 is 10.0 Å². The summed E-state index contributed by atoms with van der Waals surface area (Å²) in [5.74, 6) is 0. The third-order valence-electron chi connectivity index (χ3n) is 3.51. The van der Waals surface area contributed by atoms with Gasteiger partial charge in [0, 0.05) is 17.1 Å². The predicted molar refractivity (Wildman–Crippen MR) is 77.0 cm³/mol. The lowest BCUT2D eigenvalue weighted by Gasteiger charge is -2.30. The van der Waals surface area contributed by atoms with E-state index in [1.807, 2.05) is 6.92 Å². The molecular weight excluding hydrogens is 284 g/mol. The summed E-state index contributed by atoms with van der Waals surface area (Å²) in [6.07, 6.45) is 1.83. The van der Waals surface area contributed by atoms with E-state index in [0.29, 0.717) is 10.6 Å². The molecule has 1 heterocycles. The van der Waals surface area contributed by atoms with Crippen LogP contribution >= 0.6 is 11.6 Å². The Morgan fingerprint density at radius 3 is 2.84 bits per heavy atom. The first-order chi connectivity index (χ1) is 8.90. The molecule has 0 spiro atoms. The molecule has 1 saturated heterocycles. The van der Waals surface area contributed by atoms with Gasteiger partial charge in [0.2, 0.25) is 10.0 Å². The molecule has 19 heavy (non-hydrogen) atoms. The Labute approximate surface area is 119 Å². The van der Waals surface area contributed by atoms with Crippen LogP contribution in [0.3, 0.4) is 0 Å². The molecule has 2 N–H and O–H groups in total. The number of benzene rings is 1. The van der Waals surface area contributed by atoms with Crippen molar-refractivity contribution in [2.45, 2.75) is 43.7 Å². The first-order valence-corrected chi connectivity index (χ1v) is 8.28. The Hall–Kier alpha value is -0.620. The lowest BCUT2D eigenvalue weighted by molar-refractivity contribution is 0.349. The van der Waals surface area contributed by atoms with E-state index in [-0.39, 0.29) is 17.0 Å². The molecule has 1 aromatic carbocycles. The fourth-order valence-electron chi connectivity index (χ4n) is 2.33. The number of aryl methyl sites for hydroxylation is 1. The molecule has 0 aliphatic carbocycles. The molecule has 2 rings (SSSR count). The molecule has 1 aliphatic heterocycles. The smallest absolute Gasteiger partial charge is 0.241 e. The largest absolute Gasteiger partial charge is 0.313 e. The Bertz CT molecular complexity index is 560. The van der Waals surface area contributed by atoms with Crippen LogP contribution in [0.15, 0.2) is 23.1 Å². The van der Waals surface area contributed by atoms with Gasteiger partial charge in [0.15, 0.2) is 0 Å². The highest BCUT2D eigenvalue weighted by atomic mass is 35.5. The van der Waals surface area contributed by atoms with Gasteiger partial charge >= 0.3 is 0 Å². The van der Waals surface area contributed by atoms with Crippen LogP contribution in [0.4, 0.5) is 0 Å². The fourth-order valence-corrected chi connectivity index (χ4v) is 4.19.